The maximum Gasteiger partial charge on any atom is 0.123 e. The second-order valence-corrected chi connectivity index (χ2v) is 6.95. The maximum atomic E-state index is 8.59. The van der Waals surface area contributed by atoms with Crippen molar-refractivity contribution < 1.29 is 14.7 Å². The van der Waals surface area contributed by atoms with Gasteiger partial charge >= 0.3 is 0 Å². The third kappa shape index (κ3) is 5.52. The van der Waals surface area contributed by atoms with Crippen molar-refractivity contribution in [1.82, 2.24) is 0 Å². The lowest BCUT2D eigenvalue weighted by atomic mass is 9.85. The Morgan fingerprint density at radius 1 is 1.04 bits per heavy atom. The molecule has 25 heavy (non-hydrogen) atoms. The van der Waals surface area contributed by atoms with Gasteiger partial charge in [-0.15, -0.1) is 0 Å². The highest BCUT2D eigenvalue weighted by Gasteiger charge is 2.19. The molecule has 0 saturated carbocycles. The molecule has 0 fully saturated rings. The van der Waals surface area contributed by atoms with E-state index in [1.54, 1.807) is 0 Å². The van der Waals surface area contributed by atoms with Crippen LogP contribution in [-0.4, -0.2) is 24.6 Å². The Morgan fingerprint density at radius 3 is 2.48 bits per heavy atom. The van der Waals surface area contributed by atoms with E-state index in [9.17, 15) is 0 Å². The van der Waals surface area contributed by atoms with Crippen molar-refractivity contribution in [2.24, 2.45) is 5.16 Å². The minimum Gasteiger partial charge on any atom is -0.490 e. The van der Waals surface area contributed by atoms with E-state index in [1.165, 1.54) is 17.3 Å². The van der Waals surface area contributed by atoms with E-state index in [0.29, 0.717) is 13.2 Å². The second-order valence-electron chi connectivity index (χ2n) is 6.95. The second kappa shape index (κ2) is 8.56. The van der Waals surface area contributed by atoms with Crippen LogP contribution in [0.4, 0.5) is 0 Å². The lowest BCUT2D eigenvalue weighted by Gasteiger charge is -2.23. The molecule has 0 atom stereocenters. The monoisotopic (exact) mass is 341 g/mol. The van der Waals surface area contributed by atoms with Crippen LogP contribution >= 0.6 is 0 Å². The van der Waals surface area contributed by atoms with Gasteiger partial charge in [-0.05, 0) is 46.7 Å². The molecule has 1 N–H and O–H groups in total. The lowest BCUT2D eigenvalue weighted by Crippen LogP contribution is -2.16. The standard InChI is InChI=1S/C21H27NO3/c1-5-16-9-10-20(19(14-16)21(2,3)4)25-12-11-24-18-8-6-7-17(13-18)15-22-23/h6-10,13-15,23H,5,11-12H2,1-4H3. The Morgan fingerprint density at radius 2 is 1.80 bits per heavy atom. The molecule has 4 nitrogen and oxygen atoms in total. The quantitative estimate of drug-likeness (QED) is 0.340. The van der Waals surface area contributed by atoms with E-state index >= 15 is 0 Å². The van der Waals surface area contributed by atoms with Gasteiger partial charge in [0.25, 0.3) is 0 Å². The molecule has 0 spiro atoms. The normalized spacial score (nSPS) is 11.7. The molecule has 0 bridgehead atoms. The molecule has 2 aromatic carbocycles. The van der Waals surface area contributed by atoms with E-state index < -0.39 is 0 Å². The molecule has 0 unspecified atom stereocenters. The third-order valence-electron chi connectivity index (χ3n) is 3.93. The van der Waals surface area contributed by atoms with Crippen LogP contribution in [0.2, 0.25) is 0 Å². The number of hydrogen-bond acceptors (Lipinski definition) is 4. The number of benzene rings is 2. The van der Waals surface area contributed by atoms with E-state index in [-0.39, 0.29) is 5.41 Å². The molecule has 0 aromatic heterocycles. The topological polar surface area (TPSA) is 51.0 Å². The zero-order valence-corrected chi connectivity index (χ0v) is 15.5. The van der Waals surface area contributed by atoms with Crippen LogP contribution in [0.15, 0.2) is 47.6 Å². The van der Waals surface area contributed by atoms with Crippen LogP contribution in [0.5, 0.6) is 11.5 Å². The van der Waals surface area contributed by atoms with Crippen molar-refractivity contribution >= 4 is 6.21 Å². The molecular weight excluding hydrogens is 314 g/mol. The fraction of sp³-hybridized carbons (Fsp3) is 0.381. The van der Waals surface area contributed by atoms with Gasteiger partial charge < -0.3 is 14.7 Å². The summed E-state index contributed by atoms with van der Waals surface area (Å²) >= 11 is 0. The smallest absolute Gasteiger partial charge is 0.123 e. The van der Waals surface area contributed by atoms with Crippen molar-refractivity contribution in [3.63, 3.8) is 0 Å². The third-order valence-corrected chi connectivity index (χ3v) is 3.93. The molecule has 0 aliphatic rings. The van der Waals surface area contributed by atoms with Gasteiger partial charge in [-0.2, -0.15) is 0 Å². The van der Waals surface area contributed by atoms with Gasteiger partial charge in [-0.1, -0.05) is 57.1 Å². The van der Waals surface area contributed by atoms with Crippen molar-refractivity contribution in [2.45, 2.75) is 39.5 Å². The highest BCUT2D eigenvalue weighted by molar-refractivity contribution is 5.79. The number of aryl methyl sites for hydroxylation is 1. The molecule has 2 rings (SSSR count). The van der Waals surface area contributed by atoms with E-state index in [0.717, 1.165) is 23.5 Å². The molecule has 134 valence electrons. The van der Waals surface area contributed by atoms with Gasteiger partial charge in [-0.3, -0.25) is 0 Å². The molecule has 0 aliphatic heterocycles. The van der Waals surface area contributed by atoms with Gasteiger partial charge in [0.2, 0.25) is 0 Å². The highest BCUT2D eigenvalue weighted by atomic mass is 16.5. The molecule has 0 radical (unpaired) electrons. The summed E-state index contributed by atoms with van der Waals surface area (Å²) in [5.74, 6) is 1.63. The summed E-state index contributed by atoms with van der Waals surface area (Å²) in [5.41, 5.74) is 3.34. The fourth-order valence-electron chi connectivity index (χ4n) is 2.57. The molecule has 2 aromatic rings. The summed E-state index contributed by atoms with van der Waals surface area (Å²) in [7, 11) is 0. The summed E-state index contributed by atoms with van der Waals surface area (Å²) in [4.78, 5) is 0. The predicted molar refractivity (Wildman–Crippen MR) is 101 cm³/mol. The van der Waals surface area contributed by atoms with Crippen LogP contribution in [0.25, 0.3) is 0 Å². The summed E-state index contributed by atoms with van der Waals surface area (Å²) in [5, 5.41) is 11.6. The Balaban J connectivity index is 1.97. The maximum absolute atomic E-state index is 8.59. The number of rotatable bonds is 7. The van der Waals surface area contributed by atoms with Crippen molar-refractivity contribution in [2.75, 3.05) is 13.2 Å². The van der Waals surface area contributed by atoms with Crippen molar-refractivity contribution in [3.8, 4) is 11.5 Å². The number of oxime groups is 1. The lowest BCUT2D eigenvalue weighted by molar-refractivity contribution is 0.214. The molecule has 0 heterocycles. The molecule has 0 saturated heterocycles. The Hall–Kier alpha value is -2.49. The fourth-order valence-corrected chi connectivity index (χ4v) is 2.57. The number of nitrogens with zero attached hydrogens (tertiary/aromatic N) is 1. The summed E-state index contributed by atoms with van der Waals surface area (Å²) in [6.45, 7) is 9.65. The summed E-state index contributed by atoms with van der Waals surface area (Å²) < 4.78 is 11.7. The first-order valence-electron chi connectivity index (χ1n) is 8.60. The molecule has 0 amide bonds. The van der Waals surface area contributed by atoms with Gasteiger partial charge in [-0.25, -0.2) is 0 Å². The van der Waals surface area contributed by atoms with Crippen LogP contribution in [0.3, 0.4) is 0 Å². The minimum atomic E-state index is 0.0271. The Kier molecular flexibility index (Phi) is 6.45. The predicted octanol–water partition coefficient (Wildman–Crippen LogP) is 4.81. The van der Waals surface area contributed by atoms with Gasteiger partial charge in [0.05, 0.1) is 6.21 Å². The van der Waals surface area contributed by atoms with Crippen LogP contribution in [0, 0.1) is 0 Å². The minimum absolute atomic E-state index is 0.0271. The van der Waals surface area contributed by atoms with Gasteiger partial charge in [0.15, 0.2) is 0 Å². The zero-order chi connectivity index (χ0) is 18.3. The van der Waals surface area contributed by atoms with Crippen LogP contribution in [0.1, 0.15) is 44.4 Å². The Labute approximate surface area is 150 Å². The van der Waals surface area contributed by atoms with Crippen LogP contribution < -0.4 is 9.47 Å². The first-order valence-corrected chi connectivity index (χ1v) is 8.60. The van der Waals surface area contributed by atoms with Gasteiger partial charge in [0.1, 0.15) is 24.7 Å². The first kappa shape index (κ1) is 18.8. The average molecular weight is 341 g/mol. The van der Waals surface area contributed by atoms with E-state index in [4.69, 9.17) is 14.7 Å². The largest absolute Gasteiger partial charge is 0.490 e. The van der Waals surface area contributed by atoms with Crippen molar-refractivity contribution in [1.29, 1.82) is 0 Å². The van der Waals surface area contributed by atoms with Crippen LogP contribution in [-0.2, 0) is 11.8 Å². The number of ether oxygens (including phenoxy) is 2. The zero-order valence-electron chi connectivity index (χ0n) is 15.5. The Bertz CT molecular complexity index is 717. The molecule has 4 heteroatoms. The molecular formula is C21H27NO3. The summed E-state index contributed by atoms with van der Waals surface area (Å²) in [6.07, 6.45) is 2.38. The number of hydrogen-bond donors (Lipinski definition) is 1. The van der Waals surface area contributed by atoms with E-state index in [2.05, 4.69) is 51.0 Å². The highest BCUT2D eigenvalue weighted by Crippen LogP contribution is 2.32. The molecule has 0 aliphatic carbocycles. The van der Waals surface area contributed by atoms with E-state index in [1.807, 2.05) is 24.3 Å². The van der Waals surface area contributed by atoms with Crippen molar-refractivity contribution in [3.05, 3.63) is 59.2 Å². The average Bonchev–Trinajstić information content (AvgIpc) is 2.58. The first-order chi connectivity index (χ1) is 11.9. The SMILES string of the molecule is CCc1ccc(OCCOc2cccc(C=NO)c2)c(C(C)(C)C)c1. The van der Waals surface area contributed by atoms with Gasteiger partial charge in [0, 0.05) is 0 Å². The summed E-state index contributed by atoms with van der Waals surface area (Å²) in [6, 6.07) is 13.8.